The van der Waals surface area contributed by atoms with Crippen molar-refractivity contribution < 1.29 is 9.53 Å². The Labute approximate surface area is 127 Å². The number of carbonyl (C=O) groups excluding carboxylic acids is 1. The summed E-state index contributed by atoms with van der Waals surface area (Å²) in [5, 5.41) is 6.83. The highest BCUT2D eigenvalue weighted by atomic mass is 16.5. The van der Waals surface area contributed by atoms with Gasteiger partial charge in [0.2, 0.25) is 0 Å². The standard InChI is InChI=1S/C16H27N3O2/c1-4-12(3)19(14-8-6-7-9-14)11-13-10-17-18-15(13)16(20)21-5-2/h10,12,14H,4-9,11H2,1-3H3,(H,17,18). The zero-order valence-corrected chi connectivity index (χ0v) is 13.4. The van der Waals surface area contributed by atoms with Gasteiger partial charge in [-0.05, 0) is 33.1 Å². The van der Waals surface area contributed by atoms with E-state index in [1.807, 2.05) is 6.92 Å². The molecule has 1 atom stereocenters. The summed E-state index contributed by atoms with van der Waals surface area (Å²) >= 11 is 0. The van der Waals surface area contributed by atoms with E-state index in [1.54, 1.807) is 6.20 Å². The van der Waals surface area contributed by atoms with Crippen molar-refractivity contribution >= 4 is 5.97 Å². The summed E-state index contributed by atoms with van der Waals surface area (Å²) in [6, 6.07) is 1.14. The normalized spacial score (nSPS) is 17.3. The molecule has 1 aromatic heterocycles. The average molecular weight is 293 g/mol. The van der Waals surface area contributed by atoms with Crippen molar-refractivity contribution in [1.82, 2.24) is 15.1 Å². The van der Waals surface area contributed by atoms with Crippen LogP contribution in [0.2, 0.25) is 0 Å². The molecule has 2 rings (SSSR count). The molecule has 1 aliphatic carbocycles. The third-order valence-corrected chi connectivity index (χ3v) is 4.50. The first-order chi connectivity index (χ1) is 10.2. The predicted molar refractivity (Wildman–Crippen MR) is 82.1 cm³/mol. The molecule has 0 saturated heterocycles. The Hall–Kier alpha value is -1.36. The molecular formula is C16H27N3O2. The molecule has 5 nitrogen and oxygen atoms in total. The summed E-state index contributed by atoms with van der Waals surface area (Å²) in [6.07, 6.45) is 8.02. The second-order valence-corrected chi connectivity index (χ2v) is 5.86. The van der Waals surface area contributed by atoms with E-state index in [0.717, 1.165) is 18.5 Å². The van der Waals surface area contributed by atoms with Crippen LogP contribution in [0.25, 0.3) is 0 Å². The molecule has 0 aliphatic heterocycles. The summed E-state index contributed by atoms with van der Waals surface area (Å²) in [6.45, 7) is 7.45. The number of nitrogens with one attached hydrogen (secondary N) is 1. The smallest absolute Gasteiger partial charge is 0.356 e. The van der Waals surface area contributed by atoms with Gasteiger partial charge < -0.3 is 4.74 Å². The predicted octanol–water partition coefficient (Wildman–Crippen LogP) is 3.13. The molecule has 1 saturated carbocycles. The monoisotopic (exact) mass is 293 g/mol. The SMILES string of the molecule is CCOC(=O)c1[nH]ncc1CN(C(C)CC)C1CCCC1. The van der Waals surface area contributed by atoms with Gasteiger partial charge in [0.1, 0.15) is 5.69 Å². The molecule has 118 valence electrons. The molecule has 21 heavy (non-hydrogen) atoms. The molecule has 1 aromatic rings. The van der Waals surface area contributed by atoms with Gasteiger partial charge in [0, 0.05) is 24.2 Å². The second kappa shape index (κ2) is 7.59. The van der Waals surface area contributed by atoms with Crippen LogP contribution in [-0.2, 0) is 11.3 Å². The van der Waals surface area contributed by atoms with Crippen LogP contribution in [0.1, 0.15) is 68.9 Å². The molecule has 1 aliphatic rings. The van der Waals surface area contributed by atoms with Crippen molar-refractivity contribution in [2.75, 3.05) is 6.61 Å². The first kappa shape index (κ1) is 16.0. The number of rotatable bonds is 7. The number of hydrogen-bond donors (Lipinski definition) is 1. The maximum absolute atomic E-state index is 12.0. The van der Waals surface area contributed by atoms with E-state index in [-0.39, 0.29) is 5.97 Å². The van der Waals surface area contributed by atoms with Crippen molar-refractivity contribution in [3.63, 3.8) is 0 Å². The molecule has 1 fully saturated rings. The van der Waals surface area contributed by atoms with Crippen molar-refractivity contribution in [3.05, 3.63) is 17.5 Å². The van der Waals surface area contributed by atoms with Gasteiger partial charge in [0.15, 0.2) is 0 Å². The zero-order chi connectivity index (χ0) is 15.2. The molecular weight excluding hydrogens is 266 g/mol. The van der Waals surface area contributed by atoms with Crippen molar-refractivity contribution in [2.45, 2.75) is 71.5 Å². The largest absolute Gasteiger partial charge is 0.461 e. The lowest BCUT2D eigenvalue weighted by atomic mass is 10.1. The van der Waals surface area contributed by atoms with Crippen LogP contribution in [0.4, 0.5) is 0 Å². The van der Waals surface area contributed by atoms with Crippen LogP contribution >= 0.6 is 0 Å². The van der Waals surface area contributed by atoms with Gasteiger partial charge in [-0.2, -0.15) is 5.10 Å². The van der Waals surface area contributed by atoms with Gasteiger partial charge in [-0.25, -0.2) is 4.79 Å². The fourth-order valence-corrected chi connectivity index (χ4v) is 3.12. The molecule has 0 amide bonds. The number of ether oxygens (including phenoxy) is 1. The number of nitrogens with zero attached hydrogens (tertiary/aromatic N) is 2. The highest BCUT2D eigenvalue weighted by Gasteiger charge is 2.27. The maximum atomic E-state index is 12.0. The number of aromatic nitrogens is 2. The lowest BCUT2D eigenvalue weighted by Crippen LogP contribution is -2.39. The van der Waals surface area contributed by atoms with Gasteiger partial charge in [0.05, 0.1) is 12.8 Å². The molecule has 1 unspecified atom stereocenters. The zero-order valence-electron chi connectivity index (χ0n) is 13.4. The first-order valence-corrected chi connectivity index (χ1v) is 8.12. The van der Waals surface area contributed by atoms with Gasteiger partial charge in [0.25, 0.3) is 0 Å². The molecule has 0 aromatic carbocycles. The summed E-state index contributed by atoms with van der Waals surface area (Å²) in [4.78, 5) is 14.5. The fourth-order valence-electron chi connectivity index (χ4n) is 3.12. The second-order valence-electron chi connectivity index (χ2n) is 5.86. The third kappa shape index (κ3) is 3.84. The van der Waals surface area contributed by atoms with E-state index in [4.69, 9.17) is 4.74 Å². The molecule has 1 N–H and O–H groups in total. The van der Waals surface area contributed by atoms with E-state index < -0.39 is 0 Å². The first-order valence-electron chi connectivity index (χ1n) is 8.12. The van der Waals surface area contributed by atoms with E-state index in [1.165, 1.54) is 25.7 Å². The quantitative estimate of drug-likeness (QED) is 0.785. The highest BCUT2D eigenvalue weighted by molar-refractivity contribution is 5.88. The van der Waals surface area contributed by atoms with E-state index in [2.05, 4.69) is 28.9 Å². The minimum atomic E-state index is -0.305. The fraction of sp³-hybridized carbons (Fsp3) is 0.750. The Bertz CT molecular complexity index is 452. The number of hydrogen-bond acceptors (Lipinski definition) is 4. The lowest BCUT2D eigenvalue weighted by molar-refractivity contribution is 0.0514. The summed E-state index contributed by atoms with van der Waals surface area (Å²) in [5.41, 5.74) is 1.45. The van der Waals surface area contributed by atoms with Gasteiger partial charge >= 0.3 is 5.97 Å². The number of aromatic amines is 1. The molecule has 0 spiro atoms. The van der Waals surface area contributed by atoms with Crippen molar-refractivity contribution in [2.24, 2.45) is 0 Å². The van der Waals surface area contributed by atoms with Gasteiger partial charge in [-0.3, -0.25) is 10.00 Å². The van der Waals surface area contributed by atoms with E-state index in [9.17, 15) is 4.79 Å². The summed E-state index contributed by atoms with van der Waals surface area (Å²) in [7, 11) is 0. The van der Waals surface area contributed by atoms with Crippen LogP contribution < -0.4 is 0 Å². The third-order valence-electron chi connectivity index (χ3n) is 4.50. The topological polar surface area (TPSA) is 58.2 Å². The Morgan fingerprint density at radius 3 is 2.81 bits per heavy atom. The Morgan fingerprint density at radius 1 is 1.48 bits per heavy atom. The minimum absolute atomic E-state index is 0.305. The molecule has 0 radical (unpaired) electrons. The molecule has 1 heterocycles. The van der Waals surface area contributed by atoms with Gasteiger partial charge in [-0.1, -0.05) is 19.8 Å². The van der Waals surface area contributed by atoms with E-state index >= 15 is 0 Å². The summed E-state index contributed by atoms with van der Waals surface area (Å²) in [5.74, 6) is -0.305. The van der Waals surface area contributed by atoms with Crippen LogP contribution in [0.3, 0.4) is 0 Å². The van der Waals surface area contributed by atoms with Crippen LogP contribution in [0.15, 0.2) is 6.20 Å². The number of H-pyrrole nitrogens is 1. The highest BCUT2D eigenvalue weighted by Crippen LogP contribution is 2.28. The average Bonchev–Trinajstić information content (AvgIpc) is 3.15. The number of esters is 1. The Kier molecular flexibility index (Phi) is 5.79. The maximum Gasteiger partial charge on any atom is 0.356 e. The van der Waals surface area contributed by atoms with Gasteiger partial charge in [-0.15, -0.1) is 0 Å². The Balaban J connectivity index is 2.13. The van der Waals surface area contributed by atoms with Crippen molar-refractivity contribution in [3.8, 4) is 0 Å². The number of carbonyl (C=O) groups is 1. The lowest BCUT2D eigenvalue weighted by Gasteiger charge is -2.34. The molecule has 5 heteroatoms. The Morgan fingerprint density at radius 2 is 2.19 bits per heavy atom. The van der Waals surface area contributed by atoms with Crippen molar-refractivity contribution in [1.29, 1.82) is 0 Å². The summed E-state index contributed by atoms with van der Waals surface area (Å²) < 4.78 is 5.09. The van der Waals surface area contributed by atoms with E-state index in [0.29, 0.717) is 24.4 Å². The minimum Gasteiger partial charge on any atom is -0.461 e. The van der Waals surface area contributed by atoms with Crippen LogP contribution in [-0.4, -0.2) is 39.8 Å². The van der Waals surface area contributed by atoms with Crippen LogP contribution in [0, 0.1) is 0 Å². The molecule has 0 bridgehead atoms. The van der Waals surface area contributed by atoms with Crippen LogP contribution in [0.5, 0.6) is 0 Å².